The topological polar surface area (TPSA) is 59.7 Å². The summed E-state index contributed by atoms with van der Waals surface area (Å²) < 4.78 is 7.71. The van der Waals surface area contributed by atoms with Gasteiger partial charge in [-0.2, -0.15) is 9.78 Å². The Kier molecular flexibility index (Phi) is 5.17. The Balaban J connectivity index is 1.72. The van der Waals surface area contributed by atoms with E-state index in [9.17, 15) is 4.79 Å². The van der Waals surface area contributed by atoms with E-state index in [-0.39, 0.29) is 5.56 Å². The van der Waals surface area contributed by atoms with Crippen LogP contribution in [-0.4, -0.2) is 36.1 Å². The number of hydrogen-bond acceptors (Lipinski definition) is 5. The van der Waals surface area contributed by atoms with E-state index >= 15 is 0 Å². The molecule has 1 aliphatic rings. The molecule has 0 bridgehead atoms. The molecule has 0 N–H and O–H groups in total. The number of ether oxygens (including phenoxy) is 1. The van der Waals surface area contributed by atoms with Crippen molar-refractivity contribution < 1.29 is 4.74 Å². The Morgan fingerprint density at radius 1 is 1.18 bits per heavy atom. The summed E-state index contributed by atoms with van der Waals surface area (Å²) in [4.78, 5) is 19.7. The number of hydrogen-bond donors (Lipinski definition) is 0. The second-order valence-electron chi connectivity index (χ2n) is 6.80. The van der Waals surface area contributed by atoms with Gasteiger partial charge in [0.25, 0.3) is 5.56 Å². The van der Waals surface area contributed by atoms with Crippen molar-refractivity contribution in [3.05, 3.63) is 62.6 Å². The first-order valence-corrected chi connectivity index (χ1v) is 10.0. The molecule has 0 aliphatic carbocycles. The summed E-state index contributed by atoms with van der Waals surface area (Å²) in [5.74, 6) is 1.26. The largest absolute Gasteiger partial charge is 0.496 e. The summed E-state index contributed by atoms with van der Waals surface area (Å²) >= 11 is 3.40. The highest BCUT2D eigenvalue weighted by Gasteiger charge is 2.14. The smallest absolute Gasteiger partial charge is 0.282 e. The van der Waals surface area contributed by atoms with Crippen LogP contribution >= 0.6 is 15.9 Å². The quantitative estimate of drug-likeness (QED) is 0.576. The highest BCUT2D eigenvalue weighted by Crippen LogP contribution is 2.27. The molecule has 28 heavy (non-hydrogen) atoms. The summed E-state index contributed by atoms with van der Waals surface area (Å²) in [6, 6.07) is 11.5. The molecule has 1 saturated heterocycles. The van der Waals surface area contributed by atoms with Crippen molar-refractivity contribution in [1.29, 1.82) is 0 Å². The number of fused-ring (bicyclic) bond motifs is 1. The van der Waals surface area contributed by atoms with E-state index in [0.717, 1.165) is 34.6 Å². The van der Waals surface area contributed by atoms with Gasteiger partial charge in [-0.1, -0.05) is 15.9 Å². The monoisotopic (exact) mass is 440 g/mol. The van der Waals surface area contributed by atoms with Crippen LogP contribution in [0.4, 0.5) is 5.69 Å². The fraction of sp³-hybridized carbons (Fsp3) is 0.286. The molecular weight excluding hydrogens is 420 g/mol. The molecule has 3 aromatic rings. The third-order valence-electron chi connectivity index (χ3n) is 4.97. The third kappa shape index (κ3) is 3.54. The van der Waals surface area contributed by atoms with Gasteiger partial charge < -0.3 is 9.64 Å². The minimum atomic E-state index is -0.201. The van der Waals surface area contributed by atoms with Gasteiger partial charge in [0.2, 0.25) is 0 Å². The summed E-state index contributed by atoms with van der Waals surface area (Å²) in [5.41, 5.74) is 2.42. The van der Waals surface area contributed by atoms with E-state index in [1.165, 1.54) is 17.5 Å². The fourth-order valence-electron chi connectivity index (χ4n) is 3.49. The lowest BCUT2D eigenvalue weighted by Gasteiger charge is -2.19. The Morgan fingerprint density at radius 2 is 1.96 bits per heavy atom. The fourth-order valence-corrected chi connectivity index (χ4v) is 3.86. The van der Waals surface area contributed by atoms with Crippen molar-refractivity contribution >= 4 is 38.7 Å². The van der Waals surface area contributed by atoms with E-state index in [2.05, 4.69) is 37.0 Å². The summed E-state index contributed by atoms with van der Waals surface area (Å²) in [6.45, 7) is 3.92. The van der Waals surface area contributed by atoms with Crippen LogP contribution in [0.25, 0.3) is 10.9 Å². The molecule has 0 atom stereocenters. The maximum atomic E-state index is 12.9. The van der Waals surface area contributed by atoms with Gasteiger partial charge in [-0.05, 0) is 50.1 Å². The lowest BCUT2D eigenvalue weighted by atomic mass is 10.2. The van der Waals surface area contributed by atoms with Crippen LogP contribution in [0.3, 0.4) is 0 Å². The van der Waals surface area contributed by atoms with E-state index < -0.39 is 0 Å². The maximum absolute atomic E-state index is 12.9. The predicted molar refractivity (Wildman–Crippen MR) is 116 cm³/mol. The van der Waals surface area contributed by atoms with Crippen LogP contribution in [0.2, 0.25) is 0 Å². The third-order valence-corrected chi connectivity index (χ3v) is 5.46. The molecule has 7 heteroatoms. The van der Waals surface area contributed by atoms with Crippen molar-refractivity contribution in [2.45, 2.75) is 19.8 Å². The van der Waals surface area contributed by atoms with E-state index in [4.69, 9.17) is 4.74 Å². The Hall–Kier alpha value is -2.67. The first-order valence-electron chi connectivity index (χ1n) is 9.23. The first-order chi connectivity index (χ1) is 13.6. The second-order valence-corrected chi connectivity index (χ2v) is 7.72. The average molecular weight is 441 g/mol. The van der Waals surface area contributed by atoms with Crippen molar-refractivity contribution in [2.24, 2.45) is 5.10 Å². The molecular formula is C21H21BrN4O2. The van der Waals surface area contributed by atoms with E-state index in [1.54, 1.807) is 26.3 Å². The number of rotatable bonds is 4. The van der Waals surface area contributed by atoms with Gasteiger partial charge in [-0.15, -0.1) is 0 Å². The maximum Gasteiger partial charge on any atom is 0.282 e. The van der Waals surface area contributed by atoms with E-state index in [1.807, 2.05) is 24.3 Å². The van der Waals surface area contributed by atoms with Crippen LogP contribution < -0.4 is 15.2 Å². The van der Waals surface area contributed by atoms with E-state index in [0.29, 0.717) is 16.7 Å². The molecule has 144 valence electrons. The van der Waals surface area contributed by atoms with Crippen LogP contribution in [0, 0.1) is 6.92 Å². The number of anilines is 1. The number of benzene rings is 2. The zero-order chi connectivity index (χ0) is 19.7. The Labute approximate surface area is 171 Å². The summed E-state index contributed by atoms with van der Waals surface area (Å²) in [5, 5.41) is 4.92. The highest BCUT2D eigenvalue weighted by molar-refractivity contribution is 9.10. The minimum Gasteiger partial charge on any atom is -0.496 e. The van der Waals surface area contributed by atoms with Gasteiger partial charge in [0.1, 0.15) is 11.6 Å². The van der Waals surface area contributed by atoms with Gasteiger partial charge >= 0.3 is 0 Å². The molecule has 0 unspecified atom stereocenters. The van der Waals surface area contributed by atoms with Crippen molar-refractivity contribution in [2.75, 3.05) is 25.1 Å². The van der Waals surface area contributed by atoms with Crippen LogP contribution in [0.5, 0.6) is 5.75 Å². The molecule has 2 heterocycles. The SMILES string of the molecule is COc1cc(N2CCCC2)ccc1C=Nn1c(C)nc2ccc(Br)cc2c1=O. The number of nitrogens with zero attached hydrogens (tertiary/aromatic N) is 4. The first kappa shape index (κ1) is 18.7. The Bertz CT molecular complexity index is 1120. The van der Waals surface area contributed by atoms with Gasteiger partial charge in [-0.25, -0.2) is 4.98 Å². The molecule has 6 nitrogen and oxygen atoms in total. The number of aryl methyl sites for hydroxylation is 1. The van der Waals surface area contributed by atoms with Crippen molar-refractivity contribution in [3.63, 3.8) is 0 Å². The zero-order valence-corrected chi connectivity index (χ0v) is 17.4. The van der Waals surface area contributed by atoms with Gasteiger partial charge in [0.15, 0.2) is 0 Å². The van der Waals surface area contributed by atoms with Gasteiger partial charge in [-0.3, -0.25) is 4.79 Å². The highest BCUT2D eigenvalue weighted by atomic mass is 79.9. The molecule has 1 aromatic heterocycles. The molecule has 0 saturated carbocycles. The number of methoxy groups -OCH3 is 1. The van der Waals surface area contributed by atoms with Crippen LogP contribution in [0.15, 0.2) is 50.8 Å². The van der Waals surface area contributed by atoms with Crippen molar-refractivity contribution in [1.82, 2.24) is 9.66 Å². The number of aromatic nitrogens is 2. The molecule has 2 aromatic carbocycles. The number of halogens is 1. The zero-order valence-electron chi connectivity index (χ0n) is 15.9. The molecule has 4 rings (SSSR count). The summed E-state index contributed by atoms with van der Waals surface area (Å²) in [7, 11) is 1.65. The molecule has 0 spiro atoms. The minimum absolute atomic E-state index is 0.201. The Morgan fingerprint density at radius 3 is 2.71 bits per heavy atom. The van der Waals surface area contributed by atoms with Crippen LogP contribution in [0.1, 0.15) is 24.2 Å². The second kappa shape index (κ2) is 7.75. The lowest BCUT2D eigenvalue weighted by molar-refractivity contribution is 0.414. The summed E-state index contributed by atoms with van der Waals surface area (Å²) in [6.07, 6.45) is 4.09. The normalized spacial score (nSPS) is 14.3. The molecule has 1 fully saturated rings. The van der Waals surface area contributed by atoms with Crippen LogP contribution in [-0.2, 0) is 0 Å². The van der Waals surface area contributed by atoms with Gasteiger partial charge in [0.05, 0.1) is 24.2 Å². The molecule has 0 amide bonds. The van der Waals surface area contributed by atoms with Crippen molar-refractivity contribution in [3.8, 4) is 5.75 Å². The molecule has 0 radical (unpaired) electrons. The predicted octanol–water partition coefficient (Wildman–Crippen LogP) is 3.96. The lowest BCUT2D eigenvalue weighted by Crippen LogP contribution is -2.20. The molecule has 1 aliphatic heterocycles. The standard InChI is InChI=1S/C21H21BrN4O2/c1-14-24-19-8-6-16(22)11-18(19)21(27)26(14)23-13-15-5-7-17(12-20(15)28-2)25-9-3-4-10-25/h5-8,11-13H,3-4,9-10H2,1-2H3. The average Bonchev–Trinajstić information content (AvgIpc) is 3.23. The van der Waals surface area contributed by atoms with Gasteiger partial charge in [0, 0.05) is 34.9 Å².